The van der Waals surface area contributed by atoms with E-state index in [4.69, 9.17) is 4.74 Å². The highest BCUT2D eigenvalue weighted by Crippen LogP contribution is 2.13. The number of hydrogen-bond donors (Lipinski definition) is 2. The van der Waals surface area contributed by atoms with Gasteiger partial charge >= 0.3 is 0 Å². The average molecular weight is 262 g/mol. The van der Waals surface area contributed by atoms with Crippen LogP contribution < -0.4 is 15.4 Å². The smallest absolute Gasteiger partial charge is 0.224 e. The van der Waals surface area contributed by atoms with Crippen molar-refractivity contribution < 1.29 is 9.53 Å². The van der Waals surface area contributed by atoms with Crippen molar-refractivity contribution in [1.82, 2.24) is 10.6 Å². The lowest BCUT2D eigenvalue weighted by Gasteiger charge is -2.21. The molecule has 0 aliphatic carbocycles. The molecule has 1 atom stereocenters. The summed E-state index contributed by atoms with van der Waals surface area (Å²) in [5.74, 6) is 1.14. The molecule has 4 nitrogen and oxygen atoms in total. The van der Waals surface area contributed by atoms with E-state index in [1.54, 1.807) is 0 Å². The fourth-order valence-corrected chi connectivity index (χ4v) is 2.28. The highest BCUT2D eigenvalue weighted by Gasteiger charge is 2.20. The maximum absolute atomic E-state index is 12.0. The average Bonchev–Trinajstić information content (AvgIpc) is 2.47. The zero-order chi connectivity index (χ0) is 13.5. The summed E-state index contributed by atoms with van der Waals surface area (Å²) in [6, 6.07) is 7.86. The first-order valence-corrected chi connectivity index (χ1v) is 6.99. The zero-order valence-corrected chi connectivity index (χ0v) is 11.4. The van der Waals surface area contributed by atoms with E-state index in [9.17, 15) is 4.79 Å². The standard InChI is InChI=1S/C15H22N2O2/c1-2-19-14-7-5-12(6-8-14)10-17-15(18)13-4-3-9-16-11-13/h5-8,13,16H,2-4,9-11H2,1H3,(H,17,18). The van der Waals surface area contributed by atoms with Gasteiger partial charge in [-0.25, -0.2) is 0 Å². The molecule has 1 aliphatic rings. The molecule has 2 rings (SSSR count). The second-order valence-electron chi connectivity index (χ2n) is 4.84. The number of piperidine rings is 1. The molecule has 1 heterocycles. The van der Waals surface area contributed by atoms with Gasteiger partial charge in [0.2, 0.25) is 5.91 Å². The van der Waals surface area contributed by atoms with Crippen molar-refractivity contribution in [3.63, 3.8) is 0 Å². The van der Waals surface area contributed by atoms with Gasteiger partial charge in [0, 0.05) is 13.1 Å². The molecule has 1 aromatic rings. The normalized spacial score (nSPS) is 18.9. The van der Waals surface area contributed by atoms with Crippen LogP contribution in [0.1, 0.15) is 25.3 Å². The van der Waals surface area contributed by atoms with Crippen molar-refractivity contribution in [1.29, 1.82) is 0 Å². The van der Waals surface area contributed by atoms with Crippen LogP contribution in [0.2, 0.25) is 0 Å². The van der Waals surface area contributed by atoms with E-state index >= 15 is 0 Å². The van der Waals surface area contributed by atoms with Crippen LogP contribution >= 0.6 is 0 Å². The number of amides is 1. The van der Waals surface area contributed by atoms with E-state index in [-0.39, 0.29) is 11.8 Å². The Bertz CT molecular complexity index is 397. The summed E-state index contributed by atoms with van der Waals surface area (Å²) in [7, 11) is 0. The van der Waals surface area contributed by atoms with Gasteiger partial charge in [-0.15, -0.1) is 0 Å². The first-order valence-electron chi connectivity index (χ1n) is 6.99. The third kappa shape index (κ3) is 4.24. The maximum Gasteiger partial charge on any atom is 0.224 e. The molecule has 19 heavy (non-hydrogen) atoms. The summed E-state index contributed by atoms with van der Waals surface area (Å²) in [6.07, 6.45) is 2.07. The van der Waals surface area contributed by atoms with Gasteiger partial charge in [0.25, 0.3) is 0 Å². The Morgan fingerprint density at radius 3 is 2.84 bits per heavy atom. The lowest BCUT2D eigenvalue weighted by molar-refractivity contribution is -0.125. The number of benzene rings is 1. The van der Waals surface area contributed by atoms with E-state index < -0.39 is 0 Å². The third-order valence-electron chi connectivity index (χ3n) is 3.37. The van der Waals surface area contributed by atoms with Crippen LogP contribution in [0.15, 0.2) is 24.3 Å². The fourth-order valence-electron chi connectivity index (χ4n) is 2.28. The molecule has 1 saturated heterocycles. The summed E-state index contributed by atoms with van der Waals surface area (Å²) in [4.78, 5) is 12.0. The van der Waals surface area contributed by atoms with Crippen molar-refractivity contribution >= 4 is 5.91 Å². The van der Waals surface area contributed by atoms with Gasteiger partial charge in [-0.2, -0.15) is 0 Å². The summed E-state index contributed by atoms with van der Waals surface area (Å²) < 4.78 is 5.39. The lowest BCUT2D eigenvalue weighted by Crippen LogP contribution is -2.40. The molecular formula is C15H22N2O2. The zero-order valence-electron chi connectivity index (χ0n) is 11.4. The first kappa shape index (κ1) is 13.9. The van der Waals surface area contributed by atoms with Crippen LogP contribution in [0.5, 0.6) is 5.75 Å². The van der Waals surface area contributed by atoms with E-state index in [1.807, 2.05) is 31.2 Å². The molecule has 0 radical (unpaired) electrons. The van der Waals surface area contributed by atoms with E-state index in [1.165, 1.54) is 0 Å². The molecular weight excluding hydrogens is 240 g/mol. The van der Waals surface area contributed by atoms with E-state index in [2.05, 4.69) is 10.6 Å². The molecule has 1 fully saturated rings. The van der Waals surface area contributed by atoms with Crippen LogP contribution in [0.3, 0.4) is 0 Å². The number of rotatable bonds is 5. The Hall–Kier alpha value is -1.55. The van der Waals surface area contributed by atoms with Crippen molar-refractivity contribution in [3.05, 3.63) is 29.8 Å². The fraction of sp³-hybridized carbons (Fsp3) is 0.533. The number of nitrogens with one attached hydrogen (secondary N) is 2. The molecule has 4 heteroatoms. The SMILES string of the molecule is CCOc1ccc(CNC(=O)C2CCCNC2)cc1. The van der Waals surface area contributed by atoms with Crippen molar-refractivity contribution in [2.45, 2.75) is 26.3 Å². The van der Waals surface area contributed by atoms with Crippen LogP contribution in [-0.4, -0.2) is 25.6 Å². The van der Waals surface area contributed by atoms with Gasteiger partial charge in [0.15, 0.2) is 0 Å². The topological polar surface area (TPSA) is 50.4 Å². The highest BCUT2D eigenvalue weighted by atomic mass is 16.5. The molecule has 2 N–H and O–H groups in total. The molecule has 1 unspecified atom stereocenters. The van der Waals surface area contributed by atoms with Crippen LogP contribution in [0.25, 0.3) is 0 Å². The minimum absolute atomic E-state index is 0.122. The Morgan fingerprint density at radius 2 is 2.21 bits per heavy atom. The Balaban J connectivity index is 1.79. The van der Waals surface area contributed by atoms with Crippen LogP contribution in [-0.2, 0) is 11.3 Å². The molecule has 0 bridgehead atoms. The monoisotopic (exact) mass is 262 g/mol. The first-order chi connectivity index (χ1) is 9.29. The van der Waals surface area contributed by atoms with Gasteiger partial charge in [0.1, 0.15) is 5.75 Å². The number of ether oxygens (including phenoxy) is 1. The van der Waals surface area contributed by atoms with Gasteiger partial charge in [-0.1, -0.05) is 12.1 Å². The molecule has 0 aromatic heterocycles. The van der Waals surface area contributed by atoms with Crippen molar-refractivity contribution in [3.8, 4) is 5.75 Å². The van der Waals surface area contributed by atoms with Crippen LogP contribution in [0.4, 0.5) is 0 Å². The van der Waals surface area contributed by atoms with Crippen molar-refractivity contribution in [2.75, 3.05) is 19.7 Å². The second kappa shape index (κ2) is 7.14. The molecule has 0 spiro atoms. The number of carbonyl (C=O) groups is 1. The predicted octanol–water partition coefficient (Wildman–Crippen LogP) is 1.70. The molecule has 1 aromatic carbocycles. The number of carbonyl (C=O) groups excluding carboxylic acids is 1. The minimum atomic E-state index is 0.122. The molecule has 1 amide bonds. The predicted molar refractivity (Wildman–Crippen MR) is 75.1 cm³/mol. The quantitative estimate of drug-likeness (QED) is 0.849. The lowest BCUT2D eigenvalue weighted by atomic mass is 9.99. The minimum Gasteiger partial charge on any atom is -0.494 e. The van der Waals surface area contributed by atoms with Crippen molar-refractivity contribution in [2.24, 2.45) is 5.92 Å². The van der Waals surface area contributed by atoms with Gasteiger partial charge in [-0.3, -0.25) is 4.79 Å². The maximum atomic E-state index is 12.0. The number of hydrogen-bond acceptors (Lipinski definition) is 3. The summed E-state index contributed by atoms with van der Waals surface area (Å²) in [5, 5.41) is 6.26. The Morgan fingerprint density at radius 1 is 1.42 bits per heavy atom. The van der Waals surface area contributed by atoms with E-state index in [0.29, 0.717) is 13.2 Å². The van der Waals surface area contributed by atoms with Gasteiger partial charge < -0.3 is 15.4 Å². The van der Waals surface area contributed by atoms with Gasteiger partial charge in [0.05, 0.1) is 12.5 Å². The van der Waals surface area contributed by atoms with Crippen LogP contribution in [0, 0.1) is 5.92 Å². The second-order valence-corrected chi connectivity index (χ2v) is 4.84. The van der Waals surface area contributed by atoms with Gasteiger partial charge in [-0.05, 0) is 44.0 Å². The van der Waals surface area contributed by atoms with E-state index in [0.717, 1.165) is 37.2 Å². The highest BCUT2D eigenvalue weighted by molar-refractivity contribution is 5.78. The Labute approximate surface area is 114 Å². The largest absolute Gasteiger partial charge is 0.494 e. The molecule has 1 aliphatic heterocycles. The molecule has 0 saturated carbocycles. The Kier molecular flexibility index (Phi) is 5.21. The summed E-state index contributed by atoms with van der Waals surface area (Å²) in [5.41, 5.74) is 1.10. The summed E-state index contributed by atoms with van der Waals surface area (Å²) in [6.45, 7) is 5.05. The molecule has 104 valence electrons. The summed E-state index contributed by atoms with van der Waals surface area (Å²) >= 11 is 0. The third-order valence-corrected chi connectivity index (χ3v) is 3.37.